The van der Waals surface area contributed by atoms with Gasteiger partial charge in [-0.1, -0.05) is 53.6 Å². The molecule has 0 aromatic heterocycles. The van der Waals surface area contributed by atoms with Crippen LogP contribution in [0.5, 0.6) is 0 Å². The quantitative estimate of drug-likeness (QED) is 0.584. The minimum atomic E-state index is -4.05. The molecule has 2 aromatic rings. The average Bonchev–Trinajstić information content (AvgIpc) is 2.79. The van der Waals surface area contributed by atoms with Gasteiger partial charge in [-0.05, 0) is 62.8 Å². The van der Waals surface area contributed by atoms with Crippen molar-refractivity contribution < 1.29 is 13.2 Å². The fraction of sp³-hybridized carbons (Fsp3) is 0.320. The first-order valence-electron chi connectivity index (χ1n) is 11.0. The lowest BCUT2D eigenvalue weighted by Crippen LogP contribution is -2.41. The molecule has 0 radical (unpaired) electrons. The van der Waals surface area contributed by atoms with Crippen LogP contribution in [0, 0.1) is 0 Å². The van der Waals surface area contributed by atoms with Gasteiger partial charge in [-0.25, -0.2) is 8.42 Å². The number of halogens is 1. The predicted molar refractivity (Wildman–Crippen MR) is 130 cm³/mol. The van der Waals surface area contributed by atoms with Gasteiger partial charge in [0.25, 0.3) is 15.9 Å². The van der Waals surface area contributed by atoms with Crippen LogP contribution >= 0.6 is 11.6 Å². The van der Waals surface area contributed by atoms with Crippen molar-refractivity contribution >= 4 is 38.8 Å². The van der Waals surface area contributed by atoms with Crippen molar-refractivity contribution in [1.82, 2.24) is 5.32 Å². The summed E-state index contributed by atoms with van der Waals surface area (Å²) in [6, 6.07) is 14.3. The van der Waals surface area contributed by atoms with Crippen LogP contribution in [-0.2, 0) is 14.8 Å². The maximum atomic E-state index is 13.6. The first-order chi connectivity index (χ1) is 15.4. The minimum Gasteiger partial charge on any atom is -0.351 e. The smallest absolute Gasteiger partial charge is 0.270 e. The molecule has 0 bridgehead atoms. The molecule has 168 valence electrons. The highest BCUT2D eigenvalue weighted by Gasteiger charge is 2.40. The molecule has 32 heavy (non-hydrogen) atoms. The number of nitrogens with one attached hydrogen (secondary N) is 1. The maximum Gasteiger partial charge on any atom is 0.270 e. The third-order valence-electron chi connectivity index (χ3n) is 5.94. The molecule has 4 rings (SSSR count). The topological polar surface area (TPSA) is 66.5 Å². The Morgan fingerprint density at radius 1 is 1.12 bits per heavy atom. The molecule has 1 amide bonds. The van der Waals surface area contributed by atoms with Gasteiger partial charge in [0, 0.05) is 29.2 Å². The summed E-state index contributed by atoms with van der Waals surface area (Å²) in [5.74, 6) is -0.579. The molecule has 1 aliphatic carbocycles. The molecule has 1 N–H and O–H groups in total. The normalized spacial score (nSPS) is 17.6. The Bertz CT molecular complexity index is 1190. The van der Waals surface area contributed by atoms with E-state index in [0.717, 1.165) is 19.3 Å². The molecule has 1 aliphatic heterocycles. The molecule has 0 atom stereocenters. The van der Waals surface area contributed by atoms with Crippen LogP contribution < -0.4 is 9.62 Å². The zero-order chi connectivity index (χ0) is 22.7. The molecule has 0 saturated carbocycles. The lowest BCUT2D eigenvalue weighted by molar-refractivity contribution is -0.116. The number of hydrogen-bond donors (Lipinski definition) is 1. The summed E-state index contributed by atoms with van der Waals surface area (Å²) in [5.41, 5.74) is 3.55. The zero-order valence-corrected chi connectivity index (χ0v) is 19.7. The Hall–Kier alpha value is -2.57. The molecule has 0 saturated heterocycles. The second kappa shape index (κ2) is 9.51. The van der Waals surface area contributed by atoms with E-state index in [0.29, 0.717) is 34.0 Å². The molecule has 1 heterocycles. The van der Waals surface area contributed by atoms with Gasteiger partial charge < -0.3 is 5.32 Å². The van der Waals surface area contributed by atoms with E-state index < -0.39 is 15.9 Å². The third-order valence-corrected chi connectivity index (χ3v) is 8.12. The van der Waals surface area contributed by atoms with E-state index in [9.17, 15) is 13.2 Å². The van der Waals surface area contributed by atoms with E-state index in [4.69, 9.17) is 11.6 Å². The van der Waals surface area contributed by atoms with E-state index in [1.807, 2.05) is 30.3 Å². The highest BCUT2D eigenvalue weighted by molar-refractivity contribution is 7.97. The number of nitrogens with zero attached hydrogens (tertiary/aromatic N) is 1. The third kappa shape index (κ3) is 4.34. The SMILES string of the molecule is CCN1c2ccc(Cl)cc2C(c2ccccc2)=C(C(=O)NCCC2=CCCCC2)S1(=O)=O. The number of anilines is 1. The largest absolute Gasteiger partial charge is 0.351 e. The average molecular weight is 471 g/mol. The Morgan fingerprint density at radius 3 is 2.59 bits per heavy atom. The minimum absolute atomic E-state index is 0.211. The van der Waals surface area contributed by atoms with E-state index in [-0.39, 0.29) is 11.4 Å². The van der Waals surface area contributed by atoms with Gasteiger partial charge in [-0.2, -0.15) is 0 Å². The molecule has 0 spiro atoms. The number of hydrogen-bond acceptors (Lipinski definition) is 3. The van der Waals surface area contributed by atoms with Crippen molar-refractivity contribution in [2.45, 2.75) is 39.0 Å². The summed E-state index contributed by atoms with van der Waals surface area (Å²) in [6.45, 7) is 2.37. The van der Waals surface area contributed by atoms with Crippen LogP contribution in [0.25, 0.3) is 5.57 Å². The summed E-state index contributed by atoms with van der Waals surface area (Å²) in [5, 5.41) is 3.35. The van der Waals surface area contributed by atoms with Crippen molar-refractivity contribution in [1.29, 1.82) is 0 Å². The summed E-state index contributed by atoms with van der Waals surface area (Å²) >= 11 is 6.29. The molecule has 0 unspecified atom stereocenters. The summed E-state index contributed by atoms with van der Waals surface area (Å²) in [6.07, 6.45) is 7.46. The molecule has 2 aliphatic rings. The van der Waals surface area contributed by atoms with Crippen molar-refractivity contribution in [3.05, 3.63) is 81.2 Å². The fourth-order valence-electron chi connectivity index (χ4n) is 4.43. The molecular formula is C25H27ClN2O3S. The van der Waals surface area contributed by atoms with Crippen LogP contribution in [0.3, 0.4) is 0 Å². The Labute approximate surface area is 194 Å². The number of rotatable bonds is 6. The van der Waals surface area contributed by atoms with Crippen molar-refractivity contribution in [3.63, 3.8) is 0 Å². The van der Waals surface area contributed by atoms with Gasteiger partial charge in [-0.3, -0.25) is 9.10 Å². The summed E-state index contributed by atoms with van der Waals surface area (Å²) < 4.78 is 28.6. The number of fused-ring (bicyclic) bond motifs is 1. The highest BCUT2D eigenvalue weighted by Crippen LogP contribution is 2.43. The molecular weight excluding hydrogens is 444 g/mol. The second-order valence-corrected chi connectivity index (χ2v) is 10.3. The summed E-state index contributed by atoms with van der Waals surface area (Å²) in [7, 11) is -4.05. The van der Waals surface area contributed by atoms with Gasteiger partial charge in [0.15, 0.2) is 4.91 Å². The molecule has 7 heteroatoms. The zero-order valence-electron chi connectivity index (χ0n) is 18.1. The van der Waals surface area contributed by atoms with Gasteiger partial charge >= 0.3 is 0 Å². The Kier molecular flexibility index (Phi) is 6.72. The number of sulfonamides is 1. The summed E-state index contributed by atoms with van der Waals surface area (Å²) in [4.78, 5) is 13.1. The van der Waals surface area contributed by atoms with Crippen LogP contribution in [0.4, 0.5) is 5.69 Å². The lowest BCUT2D eigenvalue weighted by atomic mass is 9.95. The number of benzene rings is 2. The predicted octanol–water partition coefficient (Wildman–Crippen LogP) is 5.28. The van der Waals surface area contributed by atoms with Gasteiger partial charge in [-0.15, -0.1) is 0 Å². The first kappa shape index (κ1) is 22.6. The number of amides is 1. The van der Waals surface area contributed by atoms with Gasteiger partial charge in [0.05, 0.1) is 5.69 Å². The second-order valence-electron chi connectivity index (χ2n) is 8.02. The lowest BCUT2D eigenvalue weighted by Gasteiger charge is -2.33. The van der Waals surface area contributed by atoms with Crippen LogP contribution in [0.2, 0.25) is 5.02 Å². The van der Waals surface area contributed by atoms with Crippen LogP contribution in [-0.4, -0.2) is 27.4 Å². The molecule has 2 aromatic carbocycles. The maximum absolute atomic E-state index is 13.6. The van der Waals surface area contributed by atoms with Gasteiger partial charge in [0.2, 0.25) is 0 Å². The van der Waals surface area contributed by atoms with Crippen molar-refractivity contribution in [2.75, 3.05) is 17.4 Å². The van der Waals surface area contributed by atoms with Crippen LogP contribution in [0.15, 0.2) is 65.1 Å². The first-order valence-corrected chi connectivity index (χ1v) is 12.8. The van der Waals surface area contributed by atoms with Crippen LogP contribution in [0.1, 0.15) is 50.2 Å². The van der Waals surface area contributed by atoms with E-state index in [2.05, 4.69) is 11.4 Å². The highest BCUT2D eigenvalue weighted by atomic mass is 35.5. The number of carbonyl (C=O) groups is 1. The standard InChI is InChI=1S/C25H27ClN2O3S/c1-2-28-22-14-13-20(26)17-21(22)23(19-11-7-4-8-12-19)24(32(28,30)31)25(29)27-16-15-18-9-5-3-6-10-18/h4,7-9,11-14,17H,2-3,5-6,10,15-16H2,1H3,(H,27,29). The Balaban J connectivity index is 1.80. The van der Waals surface area contributed by atoms with Crippen molar-refractivity contribution in [2.24, 2.45) is 0 Å². The molecule has 0 fully saturated rings. The number of carbonyl (C=O) groups excluding carboxylic acids is 1. The van der Waals surface area contributed by atoms with E-state index in [1.54, 1.807) is 25.1 Å². The monoisotopic (exact) mass is 470 g/mol. The van der Waals surface area contributed by atoms with E-state index in [1.165, 1.54) is 22.7 Å². The van der Waals surface area contributed by atoms with Crippen molar-refractivity contribution in [3.8, 4) is 0 Å². The number of allylic oxidation sites excluding steroid dienone is 1. The van der Waals surface area contributed by atoms with E-state index >= 15 is 0 Å². The van der Waals surface area contributed by atoms with Gasteiger partial charge in [0.1, 0.15) is 0 Å². The fourth-order valence-corrected chi connectivity index (χ4v) is 6.37. The Morgan fingerprint density at radius 2 is 1.91 bits per heavy atom. The molecule has 5 nitrogen and oxygen atoms in total.